The van der Waals surface area contributed by atoms with Gasteiger partial charge in [-0.15, -0.1) is 11.3 Å². The molecular weight excluding hydrogens is 475 g/mol. The summed E-state index contributed by atoms with van der Waals surface area (Å²) in [7, 11) is -2.23. The minimum absolute atomic E-state index is 0.0206. The SMILES string of the molecule is Cc1nc(-c2cc(S(=O)(=O)Nc3ccc(F)c(Cl)c3)cn2C)sc1C(=O)N1CCCCC1. The number of aromatic nitrogens is 2. The number of benzene rings is 1. The molecule has 1 amide bonds. The normalized spacial score (nSPS) is 14.6. The van der Waals surface area contributed by atoms with Gasteiger partial charge in [0, 0.05) is 26.3 Å². The van der Waals surface area contributed by atoms with Crippen LogP contribution in [0.1, 0.15) is 34.6 Å². The molecule has 0 atom stereocenters. The van der Waals surface area contributed by atoms with Crippen LogP contribution in [0.4, 0.5) is 10.1 Å². The molecule has 0 unspecified atom stereocenters. The Kier molecular flexibility index (Phi) is 6.28. The second-order valence-corrected chi connectivity index (χ2v) is 10.8. The highest BCUT2D eigenvalue weighted by Gasteiger charge is 2.25. The molecule has 3 aromatic rings. The molecule has 11 heteroatoms. The Morgan fingerprint density at radius 3 is 2.62 bits per heavy atom. The number of halogens is 2. The van der Waals surface area contributed by atoms with Crippen molar-refractivity contribution in [3.63, 3.8) is 0 Å². The minimum Gasteiger partial charge on any atom is -0.347 e. The van der Waals surface area contributed by atoms with E-state index in [0.717, 1.165) is 38.4 Å². The first kappa shape index (κ1) is 22.8. The Bertz CT molecular complexity index is 1280. The van der Waals surface area contributed by atoms with E-state index in [0.29, 0.717) is 21.3 Å². The summed E-state index contributed by atoms with van der Waals surface area (Å²) < 4.78 is 43.1. The molecule has 3 heterocycles. The van der Waals surface area contributed by atoms with E-state index in [4.69, 9.17) is 11.6 Å². The number of hydrogen-bond donors (Lipinski definition) is 1. The zero-order valence-corrected chi connectivity index (χ0v) is 20.0. The summed E-state index contributed by atoms with van der Waals surface area (Å²) in [5.74, 6) is -0.659. The molecule has 2 aromatic heterocycles. The summed E-state index contributed by atoms with van der Waals surface area (Å²) >= 11 is 7.01. The van der Waals surface area contributed by atoms with Crippen LogP contribution >= 0.6 is 22.9 Å². The van der Waals surface area contributed by atoms with Crippen LogP contribution < -0.4 is 4.72 Å². The molecule has 1 fully saturated rings. The number of aryl methyl sites for hydroxylation is 2. The fourth-order valence-electron chi connectivity index (χ4n) is 3.61. The van der Waals surface area contributed by atoms with Crippen molar-refractivity contribution in [2.75, 3.05) is 17.8 Å². The van der Waals surface area contributed by atoms with Crippen LogP contribution in [0.5, 0.6) is 0 Å². The number of anilines is 1. The lowest BCUT2D eigenvalue weighted by atomic mass is 10.1. The van der Waals surface area contributed by atoms with Gasteiger partial charge in [0.2, 0.25) is 0 Å². The van der Waals surface area contributed by atoms with E-state index >= 15 is 0 Å². The number of nitrogens with zero attached hydrogens (tertiary/aromatic N) is 3. The fraction of sp³-hybridized carbons (Fsp3) is 0.333. The van der Waals surface area contributed by atoms with Crippen LogP contribution in [0.25, 0.3) is 10.7 Å². The Morgan fingerprint density at radius 2 is 1.94 bits per heavy atom. The maximum Gasteiger partial charge on any atom is 0.265 e. The molecule has 32 heavy (non-hydrogen) atoms. The maximum absolute atomic E-state index is 13.4. The van der Waals surface area contributed by atoms with Gasteiger partial charge in [0.1, 0.15) is 20.6 Å². The first-order valence-electron chi connectivity index (χ1n) is 10.1. The number of likely N-dealkylation sites (tertiary alicyclic amines) is 1. The van der Waals surface area contributed by atoms with Gasteiger partial charge in [-0.05, 0) is 50.5 Å². The third kappa shape index (κ3) is 4.53. The number of amides is 1. The van der Waals surface area contributed by atoms with Crippen LogP contribution in [0.3, 0.4) is 0 Å². The molecule has 0 spiro atoms. The smallest absolute Gasteiger partial charge is 0.265 e. The molecular formula is C21H22ClFN4O3S2. The van der Waals surface area contributed by atoms with Gasteiger partial charge in [-0.2, -0.15) is 0 Å². The van der Waals surface area contributed by atoms with Gasteiger partial charge >= 0.3 is 0 Å². The largest absolute Gasteiger partial charge is 0.347 e. The monoisotopic (exact) mass is 496 g/mol. The topological polar surface area (TPSA) is 84.3 Å². The standard InChI is InChI=1S/C21H22ClFN4O3S2/c1-13-19(21(28)27-8-4-3-5-9-27)31-20(24-13)18-11-15(12-26(18)2)32(29,30)25-14-6-7-17(23)16(22)10-14/h6-7,10-12,25H,3-5,8-9H2,1-2H3. The van der Waals surface area contributed by atoms with Crippen molar-refractivity contribution in [2.45, 2.75) is 31.1 Å². The Balaban J connectivity index is 1.60. The molecule has 1 saturated heterocycles. The van der Waals surface area contributed by atoms with E-state index in [9.17, 15) is 17.6 Å². The lowest BCUT2D eigenvalue weighted by Gasteiger charge is -2.26. The minimum atomic E-state index is -3.94. The number of sulfonamides is 1. The summed E-state index contributed by atoms with van der Waals surface area (Å²) in [5.41, 5.74) is 1.36. The molecule has 0 bridgehead atoms. The second-order valence-electron chi connectivity index (χ2n) is 7.69. The number of carbonyl (C=O) groups excluding carboxylic acids is 1. The summed E-state index contributed by atoms with van der Waals surface area (Å²) in [6.45, 7) is 3.28. The van der Waals surface area contributed by atoms with Gasteiger partial charge in [-0.1, -0.05) is 11.6 Å². The molecule has 0 saturated carbocycles. The Hall–Kier alpha value is -2.43. The van der Waals surface area contributed by atoms with E-state index in [1.165, 1.54) is 35.7 Å². The van der Waals surface area contributed by atoms with Crippen molar-refractivity contribution < 1.29 is 17.6 Å². The van der Waals surface area contributed by atoms with Gasteiger partial charge in [-0.25, -0.2) is 17.8 Å². The fourth-order valence-corrected chi connectivity index (χ4v) is 6.01. The first-order chi connectivity index (χ1) is 15.2. The molecule has 0 radical (unpaired) electrons. The Morgan fingerprint density at radius 1 is 1.22 bits per heavy atom. The quantitative estimate of drug-likeness (QED) is 0.556. The average molecular weight is 497 g/mol. The van der Waals surface area contributed by atoms with Crippen LogP contribution in [0.15, 0.2) is 35.4 Å². The molecule has 1 N–H and O–H groups in total. The number of piperidine rings is 1. The summed E-state index contributed by atoms with van der Waals surface area (Å²) in [4.78, 5) is 19.9. The van der Waals surface area contributed by atoms with E-state index in [-0.39, 0.29) is 21.5 Å². The highest BCUT2D eigenvalue weighted by Crippen LogP contribution is 2.32. The van der Waals surface area contributed by atoms with Crippen LogP contribution in [-0.2, 0) is 17.1 Å². The molecule has 0 aliphatic carbocycles. The summed E-state index contributed by atoms with van der Waals surface area (Å²) in [5, 5.41) is 0.389. The predicted octanol–water partition coefficient (Wildman–Crippen LogP) is 4.68. The van der Waals surface area contributed by atoms with E-state index in [1.807, 2.05) is 4.90 Å². The lowest BCUT2D eigenvalue weighted by molar-refractivity contribution is 0.0728. The van der Waals surface area contributed by atoms with Crippen molar-refractivity contribution in [1.82, 2.24) is 14.5 Å². The van der Waals surface area contributed by atoms with Gasteiger partial charge in [0.25, 0.3) is 15.9 Å². The van der Waals surface area contributed by atoms with E-state index < -0.39 is 15.8 Å². The number of hydrogen-bond acceptors (Lipinski definition) is 5. The third-order valence-electron chi connectivity index (χ3n) is 5.32. The first-order valence-corrected chi connectivity index (χ1v) is 12.7. The molecule has 1 aliphatic heterocycles. The van der Waals surface area contributed by atoms with Crippen molar-refractivity contribution in [2.24, 2.45) is 7.05 Å². The average Bonchev–Trinajstić information content (AvgIpc) is 3.33. The van der Waals surface area contributed by atoms with Crippen molar-refractivity contribution in [3.05, 3.63) is 51.9 Å². The van der Waals surface area contributed by atoms with E-state index in [1.54, 1.807) is 18.5 Å². The molecule has 1 aliphatic rings. The molecule has 7 nitrogen and oxygen atoms in total. The zero-order chi connectivity index (χ0) is 23.0. The van der Waals surface area contributed by atoms with Gasteiger partial charge in [0.05, 0.1) is 22.1 Å². The Labute approximate surface area is 194 Å². The van der Waals surface area contributed by atoms with Gasteiger partial charge in [-0.3, -0.25) is 9.52 Å². The number of carbonyl (C=O) groups is 1. The van der Waals surface area contributed by atoms with Crippen LogP contribution in [-0.4, -0.2) is 41.9 Å². The van der Waals surface area contributed by atoms with Crippen LogP contribution in [0, 0.1) is 12.7 Å². The van der Waals surface area contributed by atoms with Crippen molar-refractivity contribution >= 4 is 44.6 Å². The van der Waals surface area contributed by atoms with Crippen molar-refractivity contribution in [1.29, 1.82) is 0 Å². The number of thiazole rings is 1. The second kappa shape index (κ2) is 8.84. The highest BCUT2D eigenvalue weighted by molar-refractivity contribution is 7.92. The summed E-state index contributed by atoms with van der Waals surface area (Å²) in [6.07, 6.45) is 4.60. The molecule has 4 rings (SSSR count). The zero-order valence-electron chi connectivity index (χ0n) is 17.6. The number of nitrogens with one attached hydrogen (secondary N) is 1. The molecule has 170 valence electrons. The number of rotatable bonds is 5. The maximum atomic E-state index is 13.4. The predicted molar refractivity (Wildman–Crippen MR) is 123 cm³/mol. The lowest BCUT2D eigenvalue weighted by Crippen LogP contribution is -2.35. The summed E-state index contributed by atoms with van der Waals surface area (Å²) in [6, 6.07) is 5.10. The molecule has 1 aromatic carbocycles. The third-order valence-corrected chi connectivity index (χ3v) is 8.12. The van der Waals surface area contributed by atoms with Crippen molar-refractivity contribution in [3.8, 4) is 10.7 Å². The van der Waals surface area contributed by atoms with E-state index in [2.05, 4.69) is 9.71 Å². The highest BCUT2D eigenvalue weighted by atomic mass is 35.5. The van der Waals surface area contributed by atoms with Crippen LogP contribution in [0.2, 0.25) is 5.02 Å². The van der Waals surface area contributed by atoms with Gasteiger partial charge in [0.15, 0.2) is 0 Å². The van der Waals surface area contributed by atoms with Gasteiger partial charge < -0.3 is 9.47 Å².